The number of thiazole rings is 1. The van der Waals surface area contributed by atoms with Gasteiger partial charge in [-0.1, -0.05) is 46.8 Å². The number of nitrogens with zero attached hydrogens (tertiary/aromatic N) is 2. The SMILES string of the molecule is CC(=O)c1sc(NC(=O)c2c(C)noc2C)nc1-c1ccccc1. The number of anilines is 1. The van der Waals surface area contributed by atoms with Crippen LogP contribution in [0.4, 0.5) is 5.13 Å². The fourth-order valence-corrected chi connectivity index (χ4v) is 3.25. The van der Waals surface area contributed by atoms with Gasteiger partial charge in [0, 0.05) is 12.5 Å². The highest BCUT2D eigenvalue weighted by atomic mass is 32.1. The molecule has 0 aliphatic rings. The minimum Gasteiger partial charge on any atom is -0.361 e. The summed E-state index contributed by atoms with van der Waals surface area (Å²) >= 11 is 1.16. The maximum absolute atomic E-state index is 12.4. The molecule has 0 bridgehead atoms. The minimum absolute atomic E-state index is 0.0933. The molecule has 0 aliphatic carbocycles. The normalized spacial score (nSPS) is 10.6. The topological polar surface area (TPSA) is 85.1 Å². The summed E-state index contributed by atoms with van der Waals surface area (Å²) in [5.41, 5.74) is 2.30. The summed E-state index contributed by atoms with van der Waals surface area (Å²) in [6.45, 7) is 4.86. The Labute approximate surface area is 142 Å². The lowest BCUT2D eigenvalue weighted by Gasteiger charge is -2.00. The zero-order chi connectivity index (χ0) is 17.3. The van der Waals surface area contributed by atoms with Gasteiger partial charge in [-0.25, -0.2) is 4.98 Å². The van der Waals surface area contributed by atoms with Crippen molar-refractivity contribution in [2.45, 2.75) is 20.8 Å². The maximum Gasteiger partial charge on any atom is 0.262 e. The molecule has 0 radical (unpaired) electrons. The number of ketones is 1. The second kappa shape index (κ2) is 6.37. The van der Waals surface area contributed by atoms with Crippen molar-refractivity contribution in [1.82, 2.24) is 10.1 Å². The lowest BCUT2D eigenvalue weighted by atomic mass is 10.1. The van der Waals surface area contributed by atoms with Crippen LogP contribution in [0.3, 0.4) is 0 Å². The Morgan fingerprint density at radius 3 is 2.46 bits per heavy atom. The Morgan fingerprint density at radius 2 is 1.88 bits per heavy atom. The summed E-state index contributed by atoms with van der Waals surface area (Å²) in [6, 6.07) is 9.40. The molecule has 0 unspecified atom stereocenters. The highest BCUT2D eigenvalue weighted by molar-refractivity contribution is 7.18. The summed E-state index contributed by atoms with van der Waals surface area (Å²) in [5.74, 6) is -0.00413. The van der Waals surface area contributed by atoms with Crippen LogP contribution in [0.2, 0.25) is 0 Å². The number of benzene rings is 1. The molecule has 3 rings (SSSR count). The van der Waals surface area contributed by atoms with Crippen LogP contribution in [0.5, 0.6) is 0 Å². The van der Waals surface area contributed by atoms with Crippen molar-refractivity contribution < 1.29 is 14.1 Å². The van der Waals surface area contributed by atoms with Crippen molar-refractivity contribution in [3.8, 4) is 11.3 Å². The van der Waals surface area contributed by atoms with Crippen molar-refractivity contribution >= 4 is 28.2 Å². The molecule has 0 saturated carbocycles. The van der Waals surface area contributed by atoms with Gasteiger partial charge in [-0.3, -0.25) is 14.9 Å². The van der Waals surface area contributed by atoms with Gasteiger partial charge in [0.05, 0.1) is 16.3 Å². The van der Waals surface area contributed by atoms with Crippen LogP contribution in [-0.2, 0) is 0 Å². The van der Waals surface area contributed by atoms with Crippen LogP contribution in [0, 0.1) is 13.8 Å². The van der Waals surface area contributed by atoms with Crippen LogP contribution in [0.15, 0.2) is 34.9 Å². The van der Waals surface area contributed by atoms with E-state index in [1.807, 2.05) is 30.3 Å². The molecular weight excluding hydrogens is 326 g/mol. The van der Waals surface area contributed by atoms with Gasteiger partial charge < -0.3 is 4.52 Å². The van der Waals surface area contributed by atoms with E-state index in [4.69, 9.17) is 4.52 Å². The Kier molecular flexibility index (Phi) is 4.26. The number of hydrogen-bond donors (Lipinski definition) is 1. The van der Waals surface area contributed by atoms with Crippen LogP contribution in [0.1, 0.15) is 38.4 Å². The van der Waals surface area contributed by atoms with Gasteiger partial charge in [0.25, 0.3) is 5.91 Å². The second-order valence-corrected chi connectivity index (χ2v) is 6.27. The van der Waals surface area contributed by atoms with Crippen molar-refractivity contribution in [2.75, 3.05) is 5.32 Å². The molecule has 2 heterocycles. The van der Waals surface area contributed by atoms with Gasteiger partial charge in [0.15, 0.2) is 10.9 Å². The molecule has 7 heteroatoms. The number of aryl methyl sites for hydroxylation is 2. The fraction of sp³-hybridized carbons (Fsp3) is 0.176. The number of rotatable bonds is 4. The molecule has 0 fully saturated rings. The van der Waals surface area contributed by atoms with Gasteiger partial charge in [0.1, 0.15) is 11.3 Å². The molecule has 3 aromatic rings. The first-order valence-corrected chi connectivity index (χ1v) is 8.10. The van der Waals surface area contributed by atoms with E-state index in [-0.39, 0.29) is 11.7 Å². The lowest BCUT2D eigenvalue weighted by Crippen LogP contribution is -2.13. The van der Waals surface area contributed by atoms with Crippen LogP contribution >= 0.6 is 11.3 Å². The lowest BCUT2D eigenvalue weighted by molar-refractivity contribution is 0.101. The molecule has 6 nitrogen and oxygen atoms in total. The first-order chi connectivity index (χ1) is 11.5. The minimum atomic E-state index is -0.352. The predicted octanol–water partition coefficient (Wildman–Crippen LogP) is 3.87. The molecule has 2 aromatic heterocycles. The molecular formula is C17H15N3O3S. The van der Waals surface area contributed by atoms with E-state index in [1.165, 1.54) is 6.92 Å². The third-order valence-corrected chi connectivity index (χ3v) is 4.55. The highest BCUT2D eigenvalue weighted by Gasteiger charge is 2.21. The number of aromatic nitrogens is 2. The van der Waals surface area contributed by atoms with Crippen molar-refractivity contribution in [1.29, 1.82) is 0 Å². The third kappa shape index (κ3) is 2.98. The van der Waals surface area contributed by atoms with Crippen LogP contribution < -0.4 is 5.32 Å². The van der Waals surface area contributed by atoms with Crippen LogP contribution in [-0.4, -0.2) is 21.8 Å². The molecule has 1 aromatic carbocycles. The van der Waals surface area contributed by atoms with Gasteiger partial charge in [-0.2, -0.15) is 0 Å². The first kappa shape index (κ1) is 16.1. The molecule has 122 valence electrons. The predicted molar refractivity (Wildman–Crippen MR) is 91.5 cm³/mol. The Hall–Kier alpha value is -2.80. The van der Waals surface area contributed by atoms with E-state index in [9.17, 15) is 9.59 Å². The van der Waals surface area contributed by atoms with E-state index < -0.39 is 0 Å². The highest BCUT2D eigenvalue weighted by Crippen LogP contribution is 2.32. The summed E-state index contributed by atoms with van der Waals surface area (Å²) in [4.78, 5) is 29.3. The Morgan fingerprint density at radius 1 is 1.17 bits per heavy atom. The zero-order valence-corrected chi connectivity index (χ0v) is 14.2. The number of carbonyl (C=O) groups is 2. The van der Waals surface area contributed by atoms with Crippen LogP contribution in [0.25, 0.3) is 11.3 Å². The molecule has 0 aliphatic heterocycles. The molecule has 0 atom stereocenters. The largest absolute Gasteiger partial charge is 0.361 e. The molecule has 0 saturated heterocycles. The Balaban J connectivity index is 1.95. The van der Waals surface area contributed by atoms with E-state index >= 15 is 0 Å². The van der Waals surface area contributed by atoms with E-state index in [2.05, 4.69) is 15.5 Å². The summed E-state index contributed by atoms with van der Waals surface area (Å²) in [5, 5.41) is 6.86. The number of nitrogens with one attached hydrogen (secondary N) is 1. The third-order valence-electron chi connectivity index (χ3n) is 3.48. The van der Waals surface area contributed by atoms with E-state index in [1.54, 1.807) is 13.8 Å². The van der Waals surface area contributed by atoms with Crippen molar-refractivity contribution in [2.24, 2.45) is 0 Å². The molecule has 1 amide bonds. The van der Waals surface area contributed by atoms with Crippen molar-refractivity contribution in [3.05, 3.63) is 52.2 Å². The number of carbonyl (C=O) groups excluding carboxylic acids is 2. The van der Waals surface area contributed by atoms with E-state index in [0.717, 1.165) is 16.9 Å². The van der Waals surface area contributed by atoms with Gasteiger partial charge in [-0.05, 0) is 13.8 Å². The smallest absolute Gasteiger partial charge is 0.262 e. The van der Waals surface area contributed by atoms with E-state index in [0.29, 0.717) is 32.7 Å². The molecule has 24 heavy (non-hydrogen) atoms. The molecule has 0 spiro atoms. The number of hydrogen-bond acceptors (Lipinski definition) is 6. The molecule has 1 N–H and O–H groups in total. The number of amides is 1. The van der Waals surface area contributed by atoms with Gasteiger partial charge >= 0.3 is 0 Å². The fourth-order valence-electron chi connectivity index (χ4n) is 2.37. The number of Topliss-reactive ketones (excluding diaryl/α,β-unsaturated/α-hetero) is 1. The van der Waals surface area contributed by atoms with Gasteiger partial charge in [-0.15, -0.1) is 0 Å². The van der Waals surface area contributed by atoms with Gasteiger partial charge in [0.2, 0.25) is 0 Å². The van der Waals surface area contributed by atoms with Crippen molar-refractivity contribution in [3.63, 3.8) is 0 Å². The summed E-state index contributed by atoms with van der Waals surface area (Å²) in [7, 11) is 0. The summed E-state index contributed by atoms with van der Waals surface area (Å²) in [6.07, 6.45) is 0. The quantitative estimate of drug-likeness (QED) is 0.728. The standard InChI is InChI=1S/C17H15N3O3S/c1-9-13(11(3)23-20-9)16(22)19-17-18-14(15(24-17)10(2)21)12-7-5-4-6-8-12/h4-8H,1-3H3,(H,18,19,22). The average Bonchev–Trinajstić information content (AvgIpc) is 3.12. The summed E-state index contributed by atoms with van der Waals surface area (Å²) < 4.78 is 5.01. The average molecular weight is 341 g/mol. The monoisotopic (exact) mass is 341 g/mol. The Bertz CT molecular complexity index is 893. The second-order valence-electron chi connectivity index (χ2n) is 5.27. The first-order valence-electron chi connectivity index (χ1n) is 7.28. The maximum atomic E-state index is 12.4. The zero-order valence-electron chi connectivity index (χ0n) is 13.4.